The van der Waals surface area contributed by atoms with Crippen LogP contribution in [-0.4, -0.2) is 49.4 Å². The molecule has 132 valence electrons. The van der Waals surface area contributed by atoms with E-state index >= 15 is 0 Å². The number of benzene rings is 1. The molecule has 0 radical (unpaired) electrons. The van der Waals surface area contributed by atoms with Crippen LogP contribution in [0, 0.1) is 0 Å². The van der Waals surface area contributed by atoms with Crippen molar-refractivity contribution in [2.24, 2.45) is 0 Å². The molecular weight excluding hydrogens is 304 g/mol. The molecule has 1 N–H and O–H groups in total. The molecule has 0 bridgehead atoms. The van der Waals surface area contributed by atoms with Crippen molar-refractivity contribution in [1.29, 1.82) is 0 Å². The van der Waals surface area contributed by atoms with Gasteiger partial charge in [-0.2, -0.15) is 0 Å². The van der Waals surface area contributed by atoms with Gasteiger partial charge in [-0.05, 0) is 24.0 Å². The summed E-state index contributed by atoms with van der Waals surface area (Å²) in [6.07, 6.45) is 3.46. The molecule has 2 saturated heterocycles. The first-order valence-corrected chi connectivity index (χ1v) is 9.08. The molecule has 5 heteroatoms. The van der Waals surface area contributed by atoms with E-state index < -0.39 is 5.79 Å². The van der Waals surface area contributed by atoms with E-state index in [2.05, 4.69) is 37.4 Å². The van der Waals surface area contributed by atoms with E-state index in [1.807, 2.05) is 4.90 Å². The van der Waals surface area contributed by atoms with Crippen LogP contribution in [0.3, 0.4) is 0 Å². The summed E-state index contributed by atoms with van der Waals surface area (Å²) in [7, 11) is 0. The van der Waals surface area contributed by atoms with Crippen molar-refractivity contribution in [3.63, 3.8) is 0 Å². The molecule has 2 heterocycles. The monoisotopic (exact) mass is 332 g/mol. The first-order valence-electron chi connectivity index (χ1n) is 9.08. The Balaban J connectivity index is 1.57. The molecule has 0 atom stereocenters. The van der Waals surface area contributed by atoms with Crippen LogP contribution in [0.4, 0.5) is 5.69 Å². The predicted octanol–water partition coefficient (Wildman–Crippen LogP) is 2.59. The number of ether oxygens (including phenoxy) is 2. The second-order valence-electron chi connectivity index (χ2n) is 6.50. The summed E-state index contributed by atoms with van der Waals surface area (Å²) in [5.41, 5.74) is 3.67. The van der Waals surface area contributed by atoms with Crippen molar-refractivity contribution in [1.82, 2.24) is 4.90 Å². The maximum atomic E-state index is 12.6. The van der Waals surface area contributed by atoms with Gasteiger partial charge in [-0.25, -0.2) is 0 Å². The van der Waals surface area contributed by atoms with Crippen LogP contribution >= 0.6 is 0 Å². The largest absolute Gasteiger partial charge is 0.376 e. The molecule has 2 aliphatic rings. The highest BCUT2D eigenvalue weighted by Gasteiger charge is 2.40. The Bertz CT molecular complexity index is 550. The van der Waals surface area contributed by atoms with Crippen LogP contribution in [0.25, 0.3) is 0 Å². The highest BCUT2D eigenvalue weighted by Crippen LogP contribution is 2.31. The van der Waals surface area contributed by atoms with Crippen LogP contribution in [0.5, 0.6) is 0 Å². The molecule has 5 nitrogen and oxygen atoms in total. The fraction of sp³-hybridized carbons (Fsp3) is 0.632. The Morgan fingerprint density at radius 3 is 2.25 bits per heavy atom. The number of hydrogen-bond acceptors (Lipinski definition) is 4. The molecule has 24 heavy (non-hydrogen) atoms. The van der Waals surface area contributed by atoms with Crippen molar-refractivity contribution < 1.29 is 14.3 Å². The highest BCUT2D eigenvalue weighted by atomic mass is 16.7. The zero-order valence-corrected chi connectivity index (χ0v) is 14.8. The molecule has 0 aliphatic carbocycles. The van der Waals surface area contributed by atoms with Crippen LogP contribution < -0.4 is 5.32 Å². The SMILES string of the molecule is CCc1cccc(CC)c1NCC(=O)N1CCC2(CC1)OCCO2. The number of likely N-dealkylation sites (tertiary alicyclic amines) is 1. The Hall–Kier alpha value is -1.59. The first kappa shape index (κ1) is 17.2. The standard InChI is InChI=1S/C19H28N2O3/c1-3-15-6-5-7-16(4-2)18(15)20-14-17(22)21-10-8-19(9-11-21)23-12-13-24-19/h5-7,20H,3-4,8-14H2,1-2H3. The topological polar surface area (TPSA) is 50.8 Å². The number of carbonyl (C=O) groups excluding carboxylic acids is 1. The van der Waals surface area contributed by atoms with Crippen molar-refractivity contribution in [3.8, 4) is 0 Å². The number of nitrogens with zero attached hydrogens (tertiary/aromatic N) is 1. The van der Waals surface area contributed by atoms with Gasteiger partial charge in [0.2, 0.25) is 5.91 Å². The lowest BCUT2D eigenvalue weighted by Crippen LogP contribution is -2.48. The summed E-state index contributed by atoms with van der Waals surface area (Å²) in [6, 6.07) is 6.35. The van der Waals surface area contributed by atoms with Crippen molar-refractivity contribution >= 4 is 11.6 Å². The number of amides is 1. The van der Waals surface area contributed by atoms with E-state index in [4.69, 9.17) is 9.47 Å². The molecule has 0 saturated carbocycles. The van der Waals surface area contributed by atoms with Gasteiger partial charge in [0.25, 0.3) is 0 Å². The zero-order valence-electron chi connectivity index (χ0n) is 14.8. The number of rotatable bonds is 5. The second kappa shape index (κ2) is 7.53. The van der Waals surface area contributed by atoms with E-state index in [1.165, 1.54) is 11.1 Å². The summed E-state index contributed by atoms with van der Waals surface area (Å²) in [5.74, 6) is -0.273. The fourth-order valence-electron chi connectivity index (χ4n) is 3.63. The molecule has 3 rings (SSSR count). The molecule has 2 aliphatic heterocycles. The van der Waals surface area contributed by atoms with E-state index in [-0.39, 0.29) is 5.91 Å². The summed E-state index contributed by atoms with van der Waals surface area (Å²) < 4.78 is 11.4. The van der Waals surface area contributed by atoms with Crippen LogP contribution in [0.2, 0.25) is 0 Å². The summed E-state index contributed by atoms with van der Waals surface area (Å²) in [4.78, 5) is 14.5. The maximum absolute atomic E-state index is 12.6. The zero-order chi connectivity index (χ0) is 17.0. The molecule has 0 unspecified atom stereocenters. The van der Waals surface area contributed by atoms with Gasteiger partial charge in [0.1, 0.15) is 0 Å². The third-order valence-corrected chi connectivity index (χ3v) is 5.11. The Morgan fingerprint density at radius 2 is 1.71 bits per heavy atom. The molecule has 0 aromatic heterocycles. The summed E-state index contributed by atoms with van der Waals surface area (Å²) >= 11 is 0. The Morgan fingerprint density at radius 1 is 1.12 bits per heavy atom. The number of anilines is 1. The average molecular weight is 332 g/mol. The van der Waals surface area contributed by atoms with Crippen molar-refractivity contribution in [3.05, 3.63) is 29.3 Å². The molecule has 1 aromatic carbocycles. The lowest BCUT2D eigenvalue weighted by Gasteiger charge is -2.37. The number of hydrogen-bond donors (Lipinski definition) is 1. The van der Waals surface area contributed by atoms with Gasteiger partial charge >= 0.3 is 0 Å². The normalized spacial score (nSPS) is 19.7. The average Bonchev–Trinajstić information content (AvgIpc) is 3.07. The van der Waals surface area contributed by atoms with Crippen molar-refractivity contribution in [2.75, 3.05) is 38.2 Å². The third-order valence-electron chi connectivity index (χ3n) is 5.11. The molecule has 2 fully saturated rings. The smallest absolute Gasteiger partial charge is 0.241 e. The minimum absolute atomic E-state index is 0.149. The van der Waals surface area contributed by atoms with Crippen molar-refractivity contribution in [2.45, 2.75) is 45.3 Å². The lowest BCUT2D eigenvalue weighted by molar-refractivity contribution is -0.187. The van der Waals surface area contributed by atoms with Gasteiger partial charge in [0.05, 0.1) is 19.8 Å². The quantitative estimate of drug-likeness (QED) is 0.900. The van der Waals surface area contributed by atoms with Gasteiger partial charge in [-0.15, -0.1) is 0 Å². The number of carbonyl (C=O) groups is 1. The minimum Gasteiger partial charge on any atom is -0.376 e. The Labute approximate surface area is 144 Å². The van der Waals surface area contributed by atoms with E-state index in [9.17, 15) is 4.79 Å². The number of para-hydroxylation sites is 1. The second-order valence-corrected chi connectivity index (χ2v) is 6.50. The van der Waals surface area contributed by atoms with Gasteiger partial charge in [-0.3, -0.25) is 4.79 Å². The summed E-state index contributed by atoms with van der Waals surface area (Å²) in [5, 5.41) is 3.39. The number of aryl methyl sites for hydroxylation is 2. The van der Waals surface area contributed by atoms with Gasteiger partial charge in [-0.1, -0.05) is 32.0 Å². The van der Waals surface area contributed by atoms with E-state index in [0.717, 1.165) is 31.4 Å². The van der Waals surface area contributed by atoms with Crippen LogP contribution in [0.15, 0.2) is 18.2 Å². The molecule has 1 aromatic rings. The molecular formula is C19H28N2O3. The van der Waals surface area contributed by atoms with Gasteiger partial charge < -0.3 is 19.7 Å². The lowest BCUT2D eigenvalue weighted by atomic mass is 10.0. The fourth-order valence-corrected chi connectivity index (χ4v) is 3.63. The summed E-state index contributed by atoms with van der Waals surface area (Å²) in [6.45, 7) is 7.39. The van der Waals surface area contributed by atoms with Crippen LogP contribution in [-0.2, 0) is 27.1 Å². The first-order chi connectivity index (χ1) is 11.7. The number of nitrogens with one attached hydrogen (secondary N) is 1. The predicted molar refractivity (Wildman–Crippen MR) is 94.1 cm³/mol. The van der Waals surface area contributed by atoms with Gasteiger partial charge in [0, 0.05) is 31.6 Å². The highest BCUT2D eigenvalue weighted by molar-refractivity contribution is 5.81. The van der Waals surface area contributed by atoms with Gasteiger partial charge in [0.15, 0.2) is 5.79 Å². The third kappa shape index (κ3) is 3.57. The van der Waals surface area contributed by atoms with E-state index in [1.54, 1.807) is 0 Å². The minimum atomic E-state index is -0.422. The Kier molecular flexibility index (Phi) is 5.41. The molecule has 1 amide bonds. The van der Waals surface area contributed by atoms with Crippen LogP contribution in [0.1, 0.15) is 37.8 Å². The molecule has 1 spiro atoms. The number of piperidine rings is 1. The maximum Gasteiger partial charge on any atom is 0.241 e. The van der Waals surface area contributed by atoms with E-state index in [0.29, 0.717) is 32.8 Å².